The maximum absolute atomic E-state index is 11.9. The Morgan fingerprint density at radius 2 is 2.06 bits per heavy atom. The van der Waals surface area contributed by atoms with Crippen LogP contribution >= 0.6 is 0 Å². The molecule has 0 aliphatic heterocycles. The lowest BCUT2D eigenvalue weighted by Crippen LogP contribution is -2.39. The summed E-state index contributed by atoms with van der Waals surface area (Å²) in [4.78, 5) is 11.9. The number of benzene rings is 1. The van der Waals surface area contributed by atoms with Gasteiger partial charge in [-0.15, -0.1) is 0 Å². The van der Waals surface area contributed by atoms with Crippen molar-refractivity contribution in [2.45, 2.75) is 26.3 Å². The summed E-state index contributed by atoms with van der Waals surface area (Å²) in [6, 6.07) is 6.55. The van der Waals surface area contributed by atoms with E-state index < -0.39 is 0 Å². The molecule has 0 heterocycles. The number of carbonyl (C=O) groups excluding carboxylic acids is 1. The van der Waals surface area contributed by atoms with Gasteiger partial charge in [0.25, 0.3) is 5.91 Å². The summed E-state index contributed by atoms with van der Waals surface area (Å²) in [6.07, 6.45) is 0.733. The van der Waals surface area contributed by atoms with Crippen LogP contribution in [0.5, 0.6) is 5.75 Å². The number of phenolic OH excluding ortho intramolecular Hbond substituents is 1. The Balaban J connectivity index is 2.74. The molecule has 0 spiro atoms. The molecule has 1 aromatic rings. The molecule has 0 radical (unpaired) electrons. The van der Waals surface area contributed by atoms with Crippen molar-refractivity contribution >= 4 is 5.91 Å². The molecule has 0 aliphatic carbocycles. The zero-order valence-electron chi connectivity index (χ0n) is 10.3. The molecule has 94 valence electrons. The predicted molar refractivity (Wildman–Crippen MR) is 67.9 cm³/mol. The van der Waals surface area contributed by atoms with Gasteiger partial charge in [0.1, 0.15) is 5.75 Å². The average molecular weight is 236 g/mol. The van der Waals surface area contributed by atoms with Crippen molar-refractivity contribution < 1.29 is 9.90 Å². The minimum Gasteiger partial charge on any atom is -0.507 e. The van der Waals surface area contributed by atoms with Gasteiger partial charge in [0.2, 0.25) is 0 Å². The molecule has 0 aromatic heterocycles. The van der Waals surface area contributed by atoms with Crippen molar-refractivity contribution in [2.75, 3.05) is 6.54 Å². The van der Waals surface area contributed by atoms with E-state index in [0.29, 0.717) is 18.0 Å². The first-order chi connectivity index (χ1) is 8.06. The fraction of sp³-hybridized carbons (Fsp3) is 0.462. The van der Waals surface area contributed by atoms with Crippen LogP contribution in [0.2, 0.25) is 0 Å². The fourth-order valence-corrected chi connectivity index (χ4v) is 1.66. The molecule has 1 atom stereocenters. The minimum absolute atomic E-state index is 0.000236. The van der Waals surface area contributed by atoms with Crippen LogP contribution in [0, 0.1) is 5.92 Å². The fourth-order valence-electron chi connectivity index (χ4n) is 1.66. The number of hydrogen-bond acceptors (Lipinski definition) is 3. The number of amides is 1. The lowest BCUT2D eigenvalue weighted by Gasteiger charge is -2.21. The summed E-state index contributed by atoms with van der Waals surface area (Å²) in [7, 11) is 0. The molecule has 0 saturated carbocycles. The molecule has 4 nitrogen and oxygen atoms in total. The predicted octanol–water partition coefficient (Wildman–Crippen LogP) is 1.50. The van der Waals surface area contributed by atoms with E-state index in [2.05, 4.69) is 5.32 Å². The number of phenols is 1. The topological polar surface area (TPSA) is 75.3 Å². The first-order valence-corrected chi connectivity index (χ1v) is 5.85. The average Bonchev–Trinajstić information content (AvgIpc) is 2.28. The Morgan fingerprint density at radius 1 is 1.41 bits per heavy atom. The summed E-state index contributed by atoms with van der Waals surface area (Å²) in [5, 5.41) is 12.5. The van der Waals surface area contributed by atoms with E-state index in [0.717, 1.165) is 6.42 Å². The molecule has 0 saturated heterocycles. The number of aromatic hydroxyl groups is 1. The summed E-state index contributed by atoms with van der Waals surface area (Å²) in [6.45, 7) is 4.60. The SMILES string of the molecule is CC(C)C(CCN)NC(=O)c1ccccc1O. The second kappa shape index (κ2) is 6.25. The molecular formula is C13H20N2O2. The van der Waals surface area contributed by atoms with Crippen LogP contribution in [0.25, 0.3) is 0 Å². The molecule has 1 aromatic carbocycles. The highest BCUT2D eigenvalue weighted by Crippen LogP contribution is 2.16. The van der Waals surface area contributed by atoms with E-state index in [-0.39, 0.29) is 17.7 Å². The van der Waals surface area contributed by atoms with Gasteiger partial charge in [-0.1, -0.05) is 26.0 Å². The summed E-state index contributed by atoms with van der Waals surface area (Å²) < 4.78 is 0. The van der Waals surface area contributed by atoms with Crippen molar-refractivity contribution in [1.82, 2.24) is 5.32 Å². The van der Waals surface area contributed by atoms with E-state index in [1.54, 1.807) is 18.2 Å². The van der Waals surface area contributed by atoms with Gasteiger partial charge in [-0.25, -0.2) is 0 Å². The highest BCUT2D eigenvalue weighted by atomic mass is 16.3. The van der Waals surface area contributed by atoms with Crippen molar-refractivity contribution in [3.05, 3.63) is 29.8 Å². The number of nitrogens with one attached hydrogen (secondary N) is 1. The maximum atomic E-state index is 11.9. The lowest BCUT2D eigenvalue weighted by atomic mass is 10.0. The Hall–Kier alpha value is -1.55. The van der Waals surface area contributed by atoms with E-state index in [1.807, 2.05) is 13.8 Å². The molecule has 4 N–H and O–H groups in total. The second-order valence-corrected chi connectivity index (χ2v) is 4.42. The second-order valence-electron chi connectivity index (χ2n) is 4.42. The van der Waals surface area contributed by atoms with E-state index >= 15 is 0 Å². The number of carbonyl (C=O) groups is 1. The van der Waals surface area contributed by atoms with Gasteiger partial charge in [-0.2, -0.15) is 0 Å². The summed E-state index contributed by atoms with van der Waals surface area (Å²) >= 11 is 0. The van der Waals surface area contributed by atoms with E-state index in [9.17, 15) is 9.90 Å². The first-order valence-electron chi connectivity index (χ1n) is 5.85. The molecule has 0 bridgehead atoms. The maximum Gasteiger partial charge on any atom is 0.255 e. The van der Waals surface area contributed by atoms with E-state index in [1.165, 1.54) is 6.07 Å². The molecular weight excluding hydrogens is 216 g/mol. The van der Waals surface area contributed by atoms with Crippen LogP contribution in [-0.2, 0) is 0 Å². The Morgan fingerprint density at radius 3 is 2.59 bits per heavy atom. The minimum atomic E-state index is -0.254. The molecule has 1 amide bonds. The van der Waals surface area contributed by atoms with Crippen LogP contribution < -0.4 is 11.1 Å². The third-order valence-corrected chi connectivity index (χ3v) is 2.75. The van der Waals surface area contributed by atoms with Crippen molar-refractivity contribution in [3.63, 3.8) is 0 Å². The normalized spacial score (nSPS) is 12.5. The van der Waals surface area contributed by atoms with Crippen molar-refractivity contribution in [3.8, 4) is 5.75 Å². The van der Waals surface area contributed by atoms with Gasteiger partial charge in [0.15, 0.2) is 0 Å². The van der Waals surface area contributed by atoms with Gasteiger partial charge in [-0.3, -0.25) is 4.79 Å². The number of hydrogen-bond donors (Lipinski definition) is 3. The Kier molecular flexibility index (Phi) is 4.97. The van der Waals surface area contributed by atoms with Crippen LogP contribution in [0.3, 0.4) is 0 Å². The molecule has 1 unspecified atom stereocenters. The summed E-state index contributed by atoms with van der Waals surface area (Å²) in [5.74, 6) is 0.0591. The van der Waals surface area contributed by atoms with Gasteiger partial charge >= 0.3 is 0 Å². The van der Waals surface area contributed by atoms with Crippen molar-refractivity contribution in [1.29, 1.82) is 0 Å². The molecule has 0 aliphatic rings. The molecule has 4 heteroatoms. The highest BCUT2D eigenvalue weighted by molar-refractivity contribution is 5.96. The Labute approximate surface area is 102 Å². The Bertz CT molecular complexity index is 377. The van der Waals surface area contributed by atoms with Gasteiger partial charge in [0, 0.05) is 6.04 Å². The zero-order valence-corrected chi connectivity index (χ0v) is 10.3. The third-order valence-electron chi connectivity index (χ3n) is 2.75. The lowest BCUT2D eigenvalue weighted by molar-refractivity contribution is 0.0921. The van der Waals surface area contributed by atoms with Crippen LogP contribution in [-0.4, -0.2) is 23.6 Å². The molecule has 17 heavy (non-hydrogen) atoms. The number of rotatable bonds is 5. The quantitative estimate of drug-likeness (QED) is 0.725. The van der Waals surface area contributed by atoms with Gasteiger partial charge in [-0.05, 0) is 31.0 Å². The standard InChI is InChI=1S/C13H20N2O2/c1-9(2)11(7-8-14)15-13(17)10-5-3-4-6-12(10)16/h3-6,9,11,16H,7-8,14H2,1-2H3,(H,15,17). The van der Waals surface area contributed by atoms with Crippen LogP contribution in [0.4, 0.5) is 0 Å². The van der Waals surface area contributed by atoms with Crippen LogP contribution in [0.15, 0.2) is 24.3 Å². The smallest absolute Gasteiger partial charge is 0.255 e. The van der Waals surface area contributed by atoms with Gasteiger partial charge < -0.3 is 16.2 Å². The van der Waals surface area contributed by atoms with E-state index in [4.69, 9.17) is 5.73 Å². The van der Waals surface area contributed by atoms with Crippen LogP contribution in [0.1, 0.15) is 30.6 Å². The largest absolute Gasteiger partial charge is 0.507 e. The highest BCUT2D eigenvalue weighted by Gasteiger charge is 2.17. The molecule has 1 rings (SSSR count). The monoisotopic (exact) mass is 236 g/mol. The molecule has 0 fully saturated rings. The number of para-hydroxylation sites is 1. The van der Waals surface area contributed by atoms with Crippen molar-refractivity contribution in [2.24, 2.45) is 11.7 Å². The zero-order chi connectivity index (χ0) is 12.8. The van der Waals surface area contributed by atoms with Gasteiger partial charge in [0.05, 0.1) is 5.56 Å². The summed E-state index contributed by atoms with van der Waals surface area (Å²) in [5.41, 5.74) is 5.81. The third kappa shape index (κ3) is 3.75. The number of nitrogens with two attached hydrogens (primary N) is 1. The first kappa shape index (κ1) is 13.5.